The van der Waals surface area contributed by atoms with E-state index >= 15 is 0 Å². The molecule has 1 atom stereocenters. The lowest BCUT2D eigenvalue weighted by molar-refractivity contribution is -0.122. The minimum atomic E-state index is -0.283. The van der Waals surface area contributed by atoms with Gasteiger partial charge in [0.25, 0.3) is 0 Å². The van der Waals surface area contributed by atoms with E-state index in [0.29, 0.717) is 31.1 Å². The van der Waals surface area contributed by atoms with Crippen LogP contribution in [-0.2, 0) is 4.79 Å². The topological polar surface area (TPSA) is 87.5 Å². The van der Waals surface area contributed by atoms with Crippen LogP contribution in [0.2, 0.25) is 0 Å². The second kappa shape index (κ2) is 5.65. The minimum Gasteiger partial charge on any atom is -0.355 e. The van der Waals surface area contributed by atoms with Gasteiger partial charge in [-0.3, -0.25) is 9.20 Å². The first-order valence-corrected chi connectivity index (χ1v) is 7.13. The molecule has 2 aromatic rings. The summed E-state index contributed by atoms with van der Waals surface area (Å²) in [6.07, 6.45) is 3.55. The molecular weight excluding hydrogens is 270 g/mol. The molecular formula is C13H19N7O. The van der Waals surface area contributed by atoms with Crippen molar-refractivity contribution in [3.8, 4) is 0 Å². The first-order chi connectivity index (χ1) is 10.2. The van der Waals surface area contributed by atoms with Gasteiger partial charge in [-0.25, -0.2) is 4.98 Å². The average Bonchev–Trinajstić information content (AvgIpc) is 2.89. The average molecular weight is 289 g/mol. The van der Waals surface area contributed by atoms with Crippen LogP contribution in [-0.4, -0.2) is 57.7 Å². The third-order valence-electron chi connectivity index (χ3n) is 3.65. The predicted molar refractivity (Wildman–Crippen MR) is 78.2 cm³/mol. The molecule has 1 unspecified atom stereocenters. The van der Waals surface area contributed by atoms with Crippen LogP contribution in [0.4, 0.5) is 5.82 Å². The van der Waals surface area contributed by atoms with Crippen molar-refractivity contribution in [3.05, 3.63) is 18.2 Å². The van der Waals surface area contributed by atoms with E-state index < -0.39 is 0 Å². The molecule has 0 spiro atoms. The van der Waals surface area contributed by atoms with E-state index in [2.05, 4.69) is 25.8 Å². The zero-order valence-corrected chi connectivity index (χ0v) is 12.2. The number of rotatable bonds is 3. The van der Waals surface area contributed by atoms with Crippen LogP contribution >= 0.6 is 0 Å². The molecule has 1 amide bonds. The quantitative estimate of drug-likeness (QED) is 0.780. The number of aromatic nitrogens is 4. The van der Waals surface area contributed by atoms with Gasteiger partial charge in [0.1, 0.15) is 11.9 Å². The standard InChI is InChI=1S/C13H19N7O/c1-3-15-13(21)10-8-14-4-6-20(10)11-12-18-17-9(2)19(12)7-5-16-11/h5,7,10,14H,3-4,6,8H2,1-2H3,(H,15,21). The van der Waals surface area contributed by atoms with Crippen molar-refractivity contribution in [1.82, 2.24) is 30.2 Å². The van der Waals surface area contributed by atoms with Gasteiger partial charge in [0.15, 0.2) is 5.82 Å². The van der Waals surface area contributed by atoms with E-state index in [9.17, 15) is 4.79 Å². The fraction of sp³-hybridized carbons (Fsp3) is 0.538. The van der Waals surface area contributed by atoms with Crippen LogP contribution in [0.3, 0.4) is 0 Å². The van der Waals surface area contributed by atoms with Crippen LogP contribution < -0.4 is 15.5 Å². The fourth-order valence-corrected chi connectivity index (χ4v) is 2.62. The Morgan fingerprint density at radius 2 is 2.38 bits per heavy atom. The highest BCUT2D eigenvalue weighted by Crippen LogP contribution is 2.20. The summed E-state index contributed by atoms with van der Waals surface area (Å²) in [6.45, 7) is 6.54. The lowest BCUT2D eigenvalue weighted by Crippen LogP contribution is -2.58. The Bertz CT molecular complexity index is 653. The van der Waals surface area contributed by atoms with Crippen molar-refractivity contribution in [1.29, 1.82) is 0 Å². The molecule has 0 saturated carbocycles. The summed E-state index contributed by atoms with van der Waals surface area (Å²) in [7, 11) is 0. The molecule has 8 heteroatoms. The number of hydrogen-bond acceptors (Lipinski definition) is 6. The maximum atomic E-state index is 12.3. The largest absolute Gasteiger partial charge is 0.355 e. The summed E-state index contributed by atoms with van der Waals surface area (Å²) >= 11 is 0. The Hall–Kier alpha value is -2.22. The van der Waals surface area contributed by atoms with Crippen LogP contribution in [0.15, 0.2) is 12.4 Å². The number of nitrogens with zero attached hydrogens (tertiary/aromatic N) is 5. The molecule has 1 aliphatic heterocycles. The lowest BCUT2D eigenvalue weighted by Gasteiger charge is -2.35. The summed E-state index contributed by atoms with van der Waals surface area (Å²) in [5, 5.41) is 14.4. The molecule has 3 heterocycles. The van der Waals surface area contributed by atoms with Crippen molar-refractivity contribution < 1.29 is 4.79 Å². The van der Waals surface area contributed by atoms with Crippen molar-refractivity contribution >= 4 is 17.4 Å². The zero-order chi connectivity index (χ0) is 14.8. The number of carbonyl (C=O) groups excluding carboxylic acids is 1. The second-order valence-electron chi connectivity index (χ2n) is 5.00. The minimum absolute atomic E-state index is 0.00439. The molecule has 0 radical (unpaired) electrons. The first kappa shape index (κ1) is 13.7. The number of aryl methyl sites for hydroxylation is 1. The summed E-state index contributed by atoms with van der Waals surface area (Å²) in [5.74, 6) is 1.51. The van der Waals surface area contributed by atoms with E-state index in [-0.39, 0.29) is 11.9 Å². The molecule has 1 saturated heterocycles. The van der Waals surface area contributed by atoms with Gasteiger partial charge in [0.2, 0.25) is 11.6 Å². The number of amides is 1. The SMILES string of the molecule is CCNC(=O)C1CNCCN1c1nccn2c(C)nnc12. The predicted octanol–water partition coefficient (Wildman–Crippen LogP) is -0.653. The number of anilines is 1. The van der Waals surface area contributed by atoms with Gasteiger partial charge in [-0.15, -0.1) is 10.2 Å². The second-order valence-corrected chi connectivity index (χ2v) is 5.00. The summed E-state index contributed by atoms with van der Waals surface area (Å²) in [5.41, 5.74) is 0.686. The third kappa shape index (κ3) is 2.42. The lowest BCUT2D eigenvalue weighted by atomic mass is 10.1. The van der Waals surface area contributed by atoms with Crippen molar-refractivity contribution in [2.45, 2.75) is 19.9 Å². The van der Waals surface area contributed by atoms with Gasteiger partial charge in [-0.1, -0.05) is 0 Å². The number of nitrogens with one attached hydrogen (secondary N) is 2. The Kier molecular flexibility index (Phi) is 3.70. The molecule has 8 nitrogen and oxygen atoms in total. The van der Waals surface area contributed by atoms with Crippen LogP contribution in [0.5, 0.6) is 0 Å². The van der Waals surface area contributed by atoms with Gasteiger partial charge >= 0.3 is 0 Å². The van der Waals surface area contributed by atoms with Crippen LogP contribution in [0.1, 0.15) is 12.7 Å². The molecule has 2 aromatic heterocycles. The molecule has 0 aromatic carbocycles. The van der Waals surface area contributed by atoms with Crippen molar-refractivity contribution in [3.63, 3.8) is 0 Å². The van der Waals surface area contributed by atoms with Gasteiger partial charge in [-0.05, 0) is 13.8 Å². The fourth-order valence-electron chi connectivity index (χ4n) is 2.62. The highest BCUT2D eigenvalue weighted by Gasteiger charge is 2.31. The van der Waals surface area contributed by atoms with E-state index in [4.69, 9.17) is 0 Å². The molecule has 112 valence electrons. The number of fused-ring (bicyclic) bond motifs is 1. The van der Waals surface area contributed by atoms with Gasteiger partial charge < -0.3 is 15.5 Å². The maximum absolute atomic E-state index is 12.3. The number of hydrogen-bond donors (Lipinski definition) is 2. The summed E-state index contributed by atoms with van der Waals surface area (Å²) < 4.78 is 1.89. The molecule has 3 rings (SSSR count). The van der Waals surface area contributed by atoms with E-state index in [0.717, 1.165) is 12.4 Å². The van der Waals surface area contributed by atoms with E-state index in [1.807, 2.05) is 29.3 Å². The monoisotopic (exact) mass is 289 g/mol. The maximum Gasteiger partial charge on any atom is 0.244 e. The van der Waals surface area contributed by atoms with Gasteiger partial charge in [-0.2, -0.15) is 0 Å². The van der Waals surface area contributed by atoms with E-state index in [1.165, 1.54) is 0 Å². The number of piperazine rings is 1. The highest BCUT2D eigenvalue weighted by molar-refractivity contribution is 5.86. The molecule has 0 aliphatic carbocycles. The molecule has 1 fully saturated rings. The van der Waals surface area contributed by atoms with E-state index in [1.54, 1.807) is 6.20 Å². The first-order valence-electron chi connectivity index (χ1n) is 7.13. The summed E-state index contributed by atoms with van der Waals surface area (Å²) in [6, 6.07) is -0.283. The zero-order valence-electron chi connectivity index (χ0n) is 12.2. The van der Waals surface area contributed by atoms with Crippen molar-refractivity contribution in [2.75, 3.05) is 31.1 Å². The number of likely N-dealkylation sites (N-methyl/N-ethyl adjacent to an activating group) is 1. The number of carbonyl (C=O) groups is 1. The van der Waals surface area contributed by atoms with Crippen molar-refractivity contribution in [2.24, 2.45) is 0 Å². The third-order valence-corrected chi connectivity index (χ3v) is 3.65. The highest BCUT2D eigenvalue weighted by atomic mass is 16.2. The van der Waals surface area contributed by atoms with Gasteiger partial charge in [0, 0.05) is 38.6 Å². The molecule has 0 bridgehead atoms. The smallest absolute Gasteiger partial charge is 0.244 e. The summed E-state index contributed by atoms with van der Waals surface area (Å²) in [4.78, 5) is 18.7. The normalized spacial score (nSPS) is 19.0. The Morgan fingerprint density at radius 1 is 1.52 bits per heavy atom. The molecule has 21 heavy (non-hydrogen) atoms. The molecule has 2 N–H and O–H groups in total. The Balaban J connectivity index is 2.00. The Labute approximate surface area is 122 Å². The van der Waals surface area contributed by atoms with Crippen LogP contribution in [0.25, 0.3) is 5.65 Å². The Morgan fingerprint density at radius 3 is 3.19 bits per heavy atom. The molecule has 1 aliphatic rings. The van der Waals surface area contributed by atoms with Gasteiger partial charge in [0.05, 0.1) is 0 Å². The van der Waals surface area contributed by atoms with Crippen LogP contribution in [0, 0.1) is 6.92 Å².